The highest BCUT2D eigenvalue weighted by atomic mass is 16.1. The minimum atomic E-state index is -0.170. The third-order valence-corrected chi connectivity index (χ3v) is 5.69. The Kier molecular flexibility index (Phi) is 19.2. The molecule has 37 heavy (non-hydrogen) atoms. The van der Waals surface area contributed by atoms with Crippen LogP contribution in [0.25, 0.3) is 10.9 Å². The van der Waals surface area contributed by atoms with E-state index in [1.807, 2.05) is 48.6 Å². The number of ketones is 1. The van der Waals surface area contributed by atoms with Crippen LogP contribution < -0.4 is 5.32 Å². The molecule has 218 valence electrons. The standard InChI is InChI=1S/C25H40N2O.C3H8.3C2H6/c1-15(28)20(26-11)14-18-17-12-16(23(2,3)4)13-19(24(5,6)7)21(17)27-22(18)25(8,9)10;1-3-2;3*1-2/h12-13,20,26-27H,14H2,1-11H3;3H2,1-2H3;3*1-2H3. The van der Waals surface area contributed by atoms with Crippen LogP contribution in [0.5, 0.6) is 0 Å². The molecule has 1 aromatic heterocycles. The zero-order chi connectivity index (χ0) is 30.4. The molecule has 0 fully saturated rings. The van der Waals surface area contributed by atoms with Gasteiger partial charge in [-0.3, -0.25) is 4.79 Å². The van der Waals surface area contributed by atoms with Crippen molar-refractivity contribution in [2.75, 3.05) is 7.05 Å². The van der Waals surface area contributed by atoms with E-state index in [4.69, 9.17) is 0 Å². The van der Waals surface area contributed by atoms with E-state index in [0.717, 1.165) is 0 Å². The number of likely N-dealkylation sites (N-methyl/N-ethyl adjacent to an activating group) is 1. The molecule has 3 nitrogen and oxygen atoms in total. The fraction of sp³-hybridized carbons (Fsp3) is 0.735. The van der Waals surface area contributed by atoms with Gasteiger partial charge in [0.1, 0.15) is 5.78 Å². The largest absolute Gasteiger partial charge is 0.357 e. The number of aromatic nitrogens is 1. The molecule has 0 aliphatic carbocycles. The first-order chi connectivity index (χ1) is 17.0. The Hall–Kier alpha value is -1.61. The first kappa shape index (κ1) is 39.9. The van der Waals surface area contributed by atoms with E-state index >= 15 is 0 Å². The third-order valence-electron chi connectivity index (χ3n) is 5.69. The van der Waals surface area contributed by atoms with E-state index in [2.05, 4.69) is 98.6 Å². The van der Waals surface area contributed by atoms with Crippen molar-refractivity contribution in [2.45, 2.75) is 160 Å². The van der Waals surface area contributed by atoms with Gasteiger partial charge in [0.05, 0.1) is 6.04 Å². The Morgan fingerprint density at radius 1 is 0.811 bits per heavy atom. The molecule has 0 saturated carbocycles. The molecule has 0 radical (unpaired) electrons. The van der Waals surface area contributed by atoms with Crippen molar-refractivity contribution in [3.05, 3.63) is 34.5 Å². The molecular weight excluding hydrogens is 452 g/mol. The van der Waals surface area contributed by atoms with Gasteiger partial charge in [0.15, 0.2) is 0 Å². The van der Waals surface area contributed by atoms with E-state index in [1.165, 1.54) is 39.7 Å². The van der Waals surface area contributed by atoms with Gasteiger partial charge in [-0.1, -0.05) is 130 Å². The quantitative estimate of drug-likeness (QED) is 0.423. The summed E-state index contributed by atoms with van der Waals surface area (Å²) in [5.41, 5.74) is 6.48. The number of H-pyrrole nitrogens is 1. The molecule has 3 heteroatoms. The summed E-state index contributed by atoms with van der Waals surface area (Å²) in [5.74, 6) is 0.180. The van der Waals surface area contributed by atoms with Crippen LogP contribution in [0, 0.1) is 0 Å². The number of hydrogen-bond donors (Lipinski definition) is 2. The van der Waals surface area contributed by atoms with Gasteiger partial charge >= 0.3 is 0 Å². The maximum atomic E-state index is 12.2. The van der Waals surface area contributed by atoms with Crippen LogP contribution in [0.1, 0.15) is 153 Å². The van der Waals surface area contributed by atoms with Crippen LogP contribution in [-0.2, 0) is 27.5 Å². The number of Topliss-reactive ketones (excluding diaryl/α,β-unsaturated/α-hetero) is 1. The van der Waals surface area contributed by atoms with Crippen molar-refractivity contribution < 1.29 is 4.79 Å². The lowest BCUT2D eigenvalue weighted by atomic mass is 9.78. The van der Waals surface area contributed by atoms with Crippen LogP contribution in [0.15, 0.2) is 12.1 Å². The molecule has 0 saturated heterocycles. The summed E-state index contributed by atoms with van der Waals surface area (Å²) in [6.07, 6.45) is 1.95. The van der Waals surface area contributed by atoms with Crippen LogP contribution in [0.3, 0.4) is 0 Å². The number of rotatable bonds is 4. The van der Waals surface area contributed by atoms with E-state index in [9.17, 15) is 4.79 Å². The van der Waals surface area contributed by atoms with E-state index in [-0.39, 0.29) is 28.1 Å². The monoisotopic (exact) mass is 519 g/mol. The summed E-state index contributed by atoms with van der Waals surface area (Å²) in [6, 6.07) is 4.55. The highest BCUT2D eigenvalue weighted by molar-refractivity contribution is 5.91. The lowest BCUT2D eigenvalue weighted by Gasteiger charge is -2.26. The van der Waals surface area contributed by atoms with Crippen LogP contribution >= 0.6 is 0 Å². The number of nitrogens with one attached hydrogen (secondary N) is 2. The summed E-state index contributed by atoms with van der Waals surface area (Å²) in [6.45, 7) is 38.3. The zero-order valence-corrected chi connectivity index (χ0v) is 28.6. The number of carbonyl (C=O) groups is 1. The molecule has 0 aliphatic heterocycles. The Morgan fingerprint density at radius 2 is 1.24 bits per heavy atom. The van der Waals surface area contributed by atoms with Gasteiger partial charge < -0.3 is 10.3 Å². The average molecular weight is 519 g/mol. The molecule has 1 aromatic carbocycles. The summed E-state index contributed by atoms with van der Waals surface area (Å²) in [4.78, 5) is 16.0. The number of hydrogen-bond acceptors (Lipinski definition) is 2. The molecule has 0 bridgehead atoms. The van der Waals surface area contributed by atoms with E-state index in [1.54, 1.807) is 6.92 Å². The van der Waals surface area contributed by atoms with Gasteiger partial charge in [0.2, 0.25) is 0 Å². The number of aromatic amines is 1. The molecule has 1 heterocycles. The van der Waals surface area contributed by atoms with Crippen molar-refractivity contribution in [3.8, 4) is 0 Å². The first-order valence-electron chi connectivity index (χ1n) is 14.9. The smallest absolute Gasteiger partial charge is 0.147 e. The minimum Gasteiger partial charge on any atom is -0.357 e. The number of fused-ring (bicyclic) bond motifs is 1. The molecule has 2 N–H and O–H groups in total. The van der Waals surface area contributed by atoms with Crippen LogP contribution in [0.4, 0.5) is 0 Å². The first-order valence-corrected chi connectivity index (χ1v) is 14.9. The zero-order valence-electron chi connectivity index (χ0n) is 28.6. The second-order valence-electron chi connectivity index (χ2n) is 12.0. The number of carbonyl (C=O) groups excluding carboxylic acids is 1. The molecular formula is C34H66N2O. The van der Waals surface area contributed by atoms with Gasteiger partial charge in [-0.25, -0.2) is 0 Å². The van der Waals surface area contributed by atoms with Crippen LogP contribution in [-0.4, -0.2) is 23.9 Å². The van der Waals surface area contributed by atoms with Crippen molar-refractivity contribution in [1.29, 1.82) is 0 Å². The van der Waals surface area contributed by atoms with E-state index < -0.39 is 0 Å². The predicted octanol–water partition coefficient (Wildman–Crippen LogP) is 10.3. The molecule has 2 rings (SSSR count). The Balaban J connectivity index is -0.00000114. The summed E-state index contributed by atoms with van der Waals surface area (Å²) in [7, 11) is 1.87. The summed E-state index contributed by atoms with van der Waals surface area (Å²) in [5, 5.41) is 4.48. The molecule has 0 aliphatic rings. The minimum absolute atomic E-state index is 0.0273. The normalized spacial score (nSPS) is 12.0. The maximum Gasteiger partial charge on any atom is 0.147 e. The Morgan fingerprint density at radius 3 is 1.54 bits per heavy atom. The summed E-state index contributed by atoms with van der Waals surface area (Å²) < 4.78 is 0. The molecule has 0 amide bonds. The van der Waals surface area contributed by atoms with Crippen LogP contribution in [0.2, 0.25) is 0 Å². The summed E-state index contributed by atoms with van der Waals surface area (Å²) >= 11 is 0. The fourth-order valence-electron chi connectivity index (χ4n) is 3.88. The van der Waals surface area contributed by atoms with E-state index in [0.29, 0.717) is 6.42 Å². The molecule has 1 atom stereocenters. The van der Waals surface area contributed by atoms with Crippen molar-refractivity contribution in [1.82, 2.24) is 10.3 Å². The van der Waals surface area contributed by atoms with Crippen molar-refractivity contribution in [2.24, 2.45) is 0 Å². The second-order valence-corrected chi connectivity index (χ2v) is 12.0. The van der Waals surface area contributed by atoms with Crippen molar-refractivity contribution in [3.63, 3.8) is 0 Å². The lowest BCUT2D eigenvalue weighted by Crippen LogP contribution is -2.35. The molecule has 1 unspecified atom stereocenters. The predicted molar refractivity (Wildman–Crippen MR) is 172 cm³/mol. The third kappa shape index (κ3) is 12.2. The Bertz CT molecular complexity index is 884. The van der Waals surface area contributed by atoms with Crippen molar-refractivity contribution >= 4 is 16.7 Å². The SMILES string of the molecule is CC.CC.CC.CCC.CNC(Cc1c(C(C)(C)C)[nH]c2c(C(C)(C)C)cc(C(C)(C)C)cc12)C(C)=O. The highest BCUT2D eigenvalue weighted by Crippen LogP contribution is 2.40. The maximum absolute atomic E-state index is 12.2. The topological polar surface area (TPSA) is 44.9 Å². The Labute approximate surface area is 233 Å². The highest BCUT2D eigenvalue weighted by Gasteiger charge is 2.30. The fourth-order valence-corrected chi connectivity index (χ4v) is 3.88. The number of benzene rings is 1. The van der Waals surface area contributed by atoms with Gasteiger partial charge in [-0.2, -0.15) is 0 Å². The van der Waals surface area contributed by atoms with Gasteiger partial charge in [-0.15, -0.1) is 0 Å². The average Bonchev–Trinajstić information content (AvgIpc) is 3.18. The van der Waals surface area contributed by atoms with Gasteiger partial charge in [-0.05, 0) is 54.0 Å². The molecule has 0 spiro atoms. The second kappa shape index (κ2) is 17.8. The molecule has 2 aromatic rings. The van der Waals surface area contributed by atoms with Gasteiger partial charge in [0, 0.05) is 22.0 Å². The lowest BCUT2D eigenvalue weighted by molar-refractivity contribution is -0.118. The van der Waals surface area contributed by atoms with Gasteiger partial charge in [0.25, 0.3) is 0 Å².